The van der Waals surface area contributed by atoms with Crippen LogP contribution in [0.2, 0.25) is 0 Å². The molecule has 120 valence electrons. The van der Waals surface area contributed by atoms with Gasteiger partial charge in [-0.1, -0.05) is 32.1 Å². The number of methoxy groups -OCH3 is 1. The number of carbonyl (C=O) groups is 1. The van der Waals surface area contributed by atoms with Gasteiger partial charge in [-0.2, -0.15) is 0 Å². The van der Waals surface area contributed by atoms with E-state index in [2.05, 4.69) is 5.32 Å². The van der Waals surface area contributed by atoms with Gasteiger partial charge in [0.05, 0.1) is 25.9 Å². The molecule has 0 aromatic rings. The summed E-state index contributed by atoms with van der Waals surface area (Å²) in [5, 5.41) is 3.22. The Morgan fingerprint density at radius 1 is 1.33 bits per heavy atom. The molecular formula is C16H28N2O3. The van der Waals surface area contributed by atoms with Crippen molar-refractivity contribution in [3.8, 4) is 0 Å². The summed E-state index contributed by atoms with van der Waals surface area (Å²) in [6.45, 7) is 2.49. The average molecular weight is 296 g/mol. The van der Waals surface area contributed by atoms with Gasteiger partial charge in [0.1, 0.15) is 0 Å². The number of nitrogens with one attached hydrogen (secondary N) is 1. The van der Waals surface area contributed by atoms with E-state index < -0.39 is 0 Å². The van der Waals surface area contributed by atoms with Gasteiger partial charge in [-0.25, -0.2) is 4.79 Å². The van der Waals surface area contributed by atoms with Crippen molar-refractivity contribution in [2.45, 2.75) is 50.7 Å². The lowest BCUT2D eigenvalue weighted by Gasteiger charge is -2.32. The van der Waals surface area contributed by atoms with E-state index in [1.54, 1.807) is 7.11 Å². The Bertz CT molecular complexity index is 355. The van der Waals surface area contributed by atoms with Crippen molar-refractivity contribution in [3.05, 3.63) is 0 Å². The molecule has 3 atom stereocenters. The average Bonchev–Trinajstić information content (AvgIpc) is 3.28. The molecule has 0 radical (unpaired) electrons. The lowest BCUT2D eigenvalue weighted by molar-refractivity contribution is -0.0495. The smallest absolute Gasteiger partial charge is 0.317 e. The molecule has 2 aliphatic carbocycles. The maximum absolute atomic E-state index is 12.3. The second kappa shape index (κ2) is 6.97. The molecule has 5 heteroatoms. The number of urea groups is 1. The Balaban J connectivity index is 1.42. The van der Waals surface area contributed by atoms with Crippen molar-refractivity contribution < 1.29 is 14.3 Å². The number of ether oxygens (including phenoxy) is 2. The van der Waals surface area contributed by atoms with Crippen LogP contribution in [0.4, 0.5) is 4.79 Å². The number of nitrogens with zero attached hydrogens (tertiary/aromatic N) is 1. The summed E-state index contributed by atoms with van der Waals surface area (Å²) in [6, 6.07) is 0.507. The second-order valence-corrected chi connectivity index (χ2v) is 6.75. The van der Waals surface area contributed by atoms with Crippen molar-refractivity contribution in [2.75, 3.05) is 33.4 Å². The topological polar surface area (TPSA) is 50.8 Å². The second-order valence-electron chi connectivity index (χ2n) is 6.75. The minimum Gasteiger partial charge on any atom is -0.382 e. The predicted molar refractivity (Wildman–Crippen MR) is 80.2 cm³/mol. The molecule has 0 spiro atoms. The number of rotatable bonds is 4. The van der Waals surface area contributed by atoms with E-state index in [-0.39, 0.29) is 12.1 Å². The minimum absolute atomic E-state index is 0.0165. The van der Waals surface area contributed by atoms with Gasteiger partial charge in [0.2, 0.25) is 0 Å². The van der Waals surface area contributed by atoms with Crippen LogP contribution in [0.5, 0.6) is 0 Å². The van der Waals surface area contributed by atoms with Crippen molar-refractivity contribution >= 4 is 6.03 Å². The first kappa shape index (κ1) is 15.1. The molecule has 5 nitrogen and oxygen atoms in total. The summed E-state index contributed by atoms with van der Waals surface area (Å²) in [7, 11) is 1.67. The van der Waals surface area contributed by atoms with E-state index in [1.807, 2.05) is 4.90 Å². The Morgan fingerprint density at radius 3 is 2.90 bits per heavy atom. The zero-order chi connectivity index (χ0) is 14.7. The number of morpholine rings is 1. The molecule has 0 aromatic carbocycles. The Kier molecular flexibility index (Phi) is 5.01. The molecule has 3 fully saturated rings. The summed E-state index contributed by atoms with van der Waals surface area (Å²) in [6.07, 6.45) is 8.09. The Labute approximate surface area is 127 Å². The summed E-state index contributed by atoms with van der Waals surface area (Å²) >= 11 is 0. The van der Waals surface area contributed by atoms with Gasteiger partial charge in [0.15, 0.2) is 0 Å². The molecule has 0 unspecified atom stereocenters. The first-order valence-electron chi connectivity index (χ1n) is 8.44. The molecule has 1 heterocycles. The molecule has 1 saturated heterocycles. The number of carbonyl (C=O) groups excluding carboxylic acids is 1. The lowest BCUT2D eigenvalue weighted by Crippen LogP contribution is -2.51. The van der Waals surface area contributed by atoms with Crippen molar-refractivity contribution in [2.24, 2.45) is 11.8 Å². The van der Waals surface area contributed by atoms with E-state index in [1.165, 1.54) is 38.5 Å². The number of amides is 2. The molecule has 21 heavy (non-hydrogen) atoms. The molecule has 2 amide bonds. The van der Waals surface area contributed by atoms with Gasteiger partial charge in [0.25, 0.3) is 0 Å². The maximum atomic E-state index is 12.3. The van der Waals surface area contributed by atoms with Crippen molar-refractivity contribution in [1.29, 1.82) is 0 Å². The van der Waals surface area contributed by atoms with Gasteiger partial charge in [-0.3, -0.25) is 0 Å². The summed E-state index contributed by atoms with van der Waals surface area (Å²) in [5.74, 6) is 1.60. The third-order valence-electron chi connectivity index (χ3n) is 5.18. The van der Waals surface area contributed by atoms with E-state index in [0.717, 1.165) is 11.8 Å². The van der Waals surface area contributed by atoms with Crippen LogP contribution in [0.3, 0.4) is 0 Å². The fourth-order valence-electron chi connectivity index (χ4n) is 3.90. The molecule has 1 aliphatic heterocycles. The molecular weight excluding hydrogens is 268 g/mol. The van der Waals surface area contributed by atoms with Crippen LogP contribution in [-0.4, -0.2) is 56.5 Å². The summed E-state index contributed by atoms with van der Waals surface area (Å²) in [4.78, 5) is 14.2. The molecule has 2 saturated carbocycles. The normalized spacial score (nSPS) is 33.8. The van der Waals surface area contributed by atoms with Crippen LogP contribution < -0.4 is 5.32 Å². The Hall–Kier alpha value is -0.810. The standard InChI is InChI=1S/C16H28N2O3/c1-20-11-13-10-18(7-8-21-13)16(19)17-15-9-14(15)12-5-3-2-4-6-12/h12-15H,2-11H2,1H3,(H,17,19)/t13-,14+,15-/m0/s1. The molecule has 0 aromatic heterocycles. The van der Waals surface area contributed by atoms with Gasteiger partial charge < -0.3 is 19.7 Å². The van der Waals surface area contributed by atoms with Crippen LogP contribution in [0.25, 0.3) is 0 Å². The zero-order valence-corrected chi connectivity index (χ0v) is 13.1. The molecule has 3 rings (SSSR count). The highest BCUT2D eigenvalue weighted by Gasteiger charge is 2.44. The first-order chi connectivity index (χ1) is 10.3. The summed E-state index contributed by atoms with van der Waals surface area (Å²) < 4.78 is 10.7. The first-order valence-corrected chi connectivity index (χ1v) is 8.44. The highest BCUT2D eigenvalue weighted by atomic mass is 16.5. The largest absolute Gasteiger partial charge is 0.382 e. The Morgan fingerprint density at radius 2 is 2.14 bits per heavy atom. The lowest BCUT2D eigenvalue weighted by atomic mass is 9.85. The van der Waals surface area contributed by atoms with Crippen molar-refractivity contribution in [3.63, 3.8) is 0 Å². The molecule has 0 bridgehead atoms. The third kappa shape index (κ3) is 3.89. The zero-order valence-electron chi connectivity index (χ0n) is 13.1. The summed E-state index contributed by atoms with van der Waals surface area (Å²) in [5.41, 5.74) is 0. The van der Waals surface area contributed by atoms with Crippen LogP contribution >= 0.6 is 0 Å². The highest BCUT2D eigenvalue weighted by molar-refractivity contribution is 5.75. The van der Waals surface area contributed by atoms with Crippen LogP contribution in [0, 0.1) is 11.8 Å². The van der Waals surface area contributed by atoms with Crippen molar-refractivity contribution in [1.82, 2.24) is 10.2 Å². The van der Waals surface area contributed by atoms with E-state index in [9.17, 15) is 4.79 Å². The predicted octanol–water partition coefficient (Wildman–Crippen LogP) is 2.01. The van der Waals surface area contributed by atoms with Crippen LogP contribution in [0.15, 0.2) is 0 Å². The van der Waals surface area contributed by atoms with Gasteiger partial charge >= 0.3 is 6.03 Å². The van der Waals surface area contributed by atoms with Gasteiger partial charge in [0, 0.05) is 19.7 Å². The van der Waals surface area contributed by atoms with E-state index in [4.69, 9.17) is 9.47 Å². The highest BCUT2D eigenvalue weighted by Crippen LogP contribution is 2.44. The quantitative estimate of drug-likeness (QED) is 0.863. The fourth-order valence-corrected chi connectivity index (χ4v) is 3.90. The van der Waals surface area contributed by atoms with E-state index in [0.29, 0.717) is 32.3 Å². The van der Waals surface area contributed by atoms with Crippen LogP contribution in [-0.2, 0) is 9.47 Å². The maximum Gasteiger partial charge on any atom is 0.317 e. The monoisotopic (exact) mass is 296 g/mol. The molecule has 3 aliphatic rings. The van der Waals surface area contributed by atoms with E-state index >= 15 is 0 Å². The SMILES string of the molecule is COC[C@@H]1CN(C(=O)N[C@H]2C[C@@H]2C2CCCCC2)CCO1. The van der Waals surface area contributed by atoms with Crippen LogP contribution in [0.1, 0.15) is 38.5 Å². The minimum atomic E-state index is 0.0165. The van der Waals surface area contributed by atoms with Gasteiger partial charge in [-0.15, -0.1) is 0 Å². The third-order valence-corrected chi connectivity index (χ3v) is 5.18. The number of hydrogen-bond acceptors (Lipinski definition) is 3. The number of hydrogen-bond donors (Lipinski definition) is 1. The fraction of sp³-hybridized carbons (Fsp3) is 0.938. The molecule has 1 N–H and O–H groups in total. The van der Waals surface area contributed by atoms with Gasteiger partial charge in [-0.05, 0) is 18.3 Å².